The highest BCUT2D eigenvalue weighted by Gasteiger charge is 2.46. The van der Waals surface area contributed by atoms with Crippen LogP contribution in [-0.4, -0.2) is 54.5 Å². The Morgan fingerprint density at radius 3 is 2.21 bits per heavy atom. The van der Waals surface area contributed by atoms with Gasteiger partial charge in [-0.2, -0.15) is 0 Å². The fourth-order valence-corrected chi connectivity index (χ4v) is 4.47. The molecule has 4 atom stereocenters. The van der Waals surface area contributed by atoms with Crippen molar-refractivity contribution in [1.29, 1.82) is 0 Å². The summed E-state index contributed by atoms with van der Waals surface area (Å²) in [5.41, 5.74) is -0.604. The van der Waals surface area contributed by atoms with Gasteiger partial charge in [-0.05, 0) is 57.7 Å². The largest absolute Gasteiger partial charge is 0.506 e. The normalized spacial score (nSPS) is 16.1. The third-order valence-electron chi connectivity index (χ3n) is 5.47. The molecule has 2 N–H and O–H groups in total. The fourth-order valence-electron chi connectivity index (χ4n) is 3.71. The van der Waals surface area contributed by atoms with Gasteiger partial charge in [-0.3, -0.25) is 4.79 Å². The molecule has 0 spiro atoms. The van der Waals surface area contributed by atoms with Crippen molar-refractivity contribution in [2.24, 2.45) is 0 Å². The van der Waals surface area contributed by atoms with E-state index >= 15 is 4.39 Å². The first-order chi connectivity index (χ1) is 15.6. The lowest BCUT2D eigenvalue weighted by atomic mass is 9.79. The summed E-state index contributed by atoms with van der Waals surface area (Å²) in [7, 11) is -3.45. The SMILES string of the molecule is CCC(c1ccc(S(C)(=O)=O)cc1)C(OC(=O)O)C(NC(=O)C(Cl)Cl)C(C)(F)CCC=C(C)C. The summed E-state index contributed by atoms with van der Waals surface area (Å²) in [6.45, 7) is 6.73. The summed E-state index contributed by atoms with van der Waals surface area (Å²) in [5, 5.41) is 11.9. The number of sulfone groups is 1. The monoisotopic (exact) mass is 539 g/mol. The molecule has 0 radical (unpaired) electrons. The zero-order valence-corrected chi connectivity index (χ0v) is 22.2. The van der Waals surface area contributed by atoms with Crippen molar-refractivity contribution < 1.29 is 32.2 Å². The summed E-state index contributed by atoms with van der Waals surface area (Å²) >= 11 is 11.4. The van der Waals surface area contributed by atoms with Gasteiger partial charge in [-0.25, -0.2) is 17.6 Å². The molecule has 0 heterocycles. The summed E-state index contributed by atoms with van der Waals surface area (Å²) in [6.07, 6.45) is 0.493. The molecule has 0 saturated carbocycles. The van der Waals surface area contributed by atoms with E-state index in [1.54, 1.807) is 6.92 Å². The number of amides is 1. The lowest BCUT2D eigenvalue weighted by Gasteiger charge is -2.39. The molecule has 1 rings (SSSR count). The van der Waals surface area contributed by atoms with Gasteiger partial charge in [-0.15, -0.1) is 0 Å². The molecular weight excluding hydrogens is 508 g/mol. The molecule has 11 heteroatoms. The third-order valence-corrected chi connectivity index (χ3v) is 6.99. The first-order valence-corrected chi connectivity index (χ1v) is 13.5. The second-order valence-electron chi connectivity index (χ2n) is 8.59. The highest BCUT2D eigenvalue weighted by atomic mass is 35.5. The van der Waals surface area contributed by atoms with Crippen molar-refractivity contribution in [3.8, 4) is 0 Å². The van der Waals surface area contributed by atoms with E-state index in [1.807, 2.05) is 19.9 Å². The van der Waals surface area contributed by atoms with E-state index in [9.17, 15) is 23.1 Å². The van der Waals surface area contributed by atoms with Crippen LogP contribution in [0, 0.1) is 0 Å². The Morgan fingerprint density at radius 1 is 1.24 bits per heavy atom. The minimum absolute atomic E-state index is 0.0404. The van der Waals surface area contributed by atoms with Crippen molar-refractivity contribution in [2.45, 2.75) is 80.4 Å². The second-order valence-corrected chi connectivity index (χ2v) is 11.7. The molecule has 1 aromatic carbocycles. The Kier molecular flexibility index (Phi) is 11.3. The number of benzene rings is 1. The first kappa shape index (κ1) is 30.2. The first-order valence-electron chi connectivity index (χ1n) is 10.7. The molecule has 7 nitrogen and oxygen atoms in total. The smallest absolute Gasteiger partial charge is 0.450 e. The van der Waals surface area contributed by atoms with Crippen LogP contribution < -0.4 is 5.32 Å². The van der Waals surface area contributed by atoms with Crippen molar-refractivity contribution in [1.82, 2.24) is 5.32 Å². The Hall–Kier alpha value is -1.84. The number of nitrogens with one attached hydrogen (secondary N) is 1. The van der Waals surface area contributed by atoms with Crippen LogP contribution >= 0.6 is 23.2 Å². The fraction of sp³-hybridized carbons (Fsp3) is 0.565. The number of rotatable bonds is 12. The number of halogens is 3. The Labute approximate surface area is 210 Å². The van der Waals surface area contributed by atoms with Gasteiger partial charge in [-0.1, -0.05) is 53.9 Å². The van der Waals surface area contributed by atoms with E-state index < -0.39 is 50.5 Å². The lowest BCUT2D eigenvalue weighted by molar-refractivity contribution is -0.123. The summed E-state index contributed by atoms with van der Waals surface area (Å²) in [5.74, 6) is -1.60. The number of allylic oxidation sites excluding steroid dienone is 2. The number of carboxylic acid groups (broad SMARTS) is 1. The maximum absolute atomic E-state index is 16.1. The highest BCUT2D eigenvalue weighted by Crippen LogP contribution is 2.35. The molecule has 0 bridgehead atoms. The maximum atomic E-state index is 16.1. The van der Waals surface area contributed by atoms with Crippen molar-refractivity contribution >= 4 is 45.1 Å². The molecule has 34 heavy (non-hydrogen) atoms. The van der Waals surface area contributed by atoms with Crippen LogP contribution in [0.4, 0.5) is 9.18 Å². The lowest BCUT2D eigenvalue weighted by Crippen LogP contribution is -2.58. The second kappa shape index (κ2) is 12.7. The molecule has 1 amide bonds. The van der Waals surface area contributed by atoms with Gasteiger partial charge in [0.05, 0.1) is 4.90 Å². The van der Waals surface area contributed by atoms with Gasteiger partial charge in [0.25, 0.3) is 5.91 Å². The zero-order valence-electron chi connectivity index (χ0n) is 19.8. The van der Waals surface area contributed by atoms with Gasteiger partial charge < -0.3 is 15.2 Å². The van der Waals surface area contributed by atoms with Crippen LogP contribution in [0.5, 0.6) is 0 Å². The van der Waals surface area contributed by atoms with E-state index in [2.05, 4.69) is 5.32 Å². The van der Waals surface area contributed by atoms with E-state index in [0.717, 1.165) is 11.8 Å². The molecular formula is C23H32Cl2FNO6S. The molecule has 4 unspecified atom stereocenters. The molecule has 192 valence electrons. The molecule has 0 aliphatic heterocycles. The van der Waals surface area contributed by atoms with Crippen LogP contribution in [-0.2, 0) is 19.4 Å². The molecule has 1 aromatic rings. The third kappa shape index (κ3) is 9.07. The molecule has 0 fully saturated rings. The number of carbonyl (C=O) groups excluding carboxylic acids is 1. The number of carbonyl (C=O) groups is 2. The van der Waals surface area contributed by atoms with Gasteiger partial charge >= 0.3 is 6.16 Å². The predicted molar refractivity (Wildman–Crippen MR) is 131 cm³/mol. The quantitative estimate of drug-likeness (QED) is 0.209. The zero-order chi connectivity index (χ0) is 26.3. The Balaban J connectivity index is 3.53. The van der Waals surface area contributed by atoms with Crippen LogP contribution in [0.15, 0.2) is 40.8 Å². The van der Waals surface area contributed by atoms with E-state index in [-0.39, 0.29) is 11.3 Å². The van der Waals surface area contributed by atoms with Crippen molar-refractivity contribution in [2.75, 3.05) is 6.26 Å². The van der Waals surface area contributed by atoms with E-state index in [0.29, 0.717) is 18.4 Å². The summed E-state index contributed by atoms with van der Waals surface area (Å²) in [6, 6.07) is 4.38. The number of hydrogen-bond acceptors (Lipinski definition) is 5. The minimum atomic E-state index is -3.45. The molecule has 0 aromatic heterocycles. The van der Waals surface area contributed by atoms with E-state index in [4.69, 9.17) is 27.9 Å². The average molecular weight is 540 g/mol. The van der Waals surface area contributed by atoms with Crippen LogP contribution in [0.1, 0.15) is 58.4 Å². The number of hydrogen-bond donors (Lipinski definition) is 2. The molecule has 0 aliphatic carbocycles. The molecule has 0 saturated heterocycles. The van der Waals surface area contributed by atoms with Crippen LogP contribution in [0.3, 0.4) is 0 Å². The topological polar surface area (TPSA) is 110 Å². The number of alkyl halides is 3. The van der Waals surface area contributed by atoms with Gasteiger partial charge in [0.2, 0.25) is 0 Å². The standard InChI is InChI=1S/C23H32Cl2FNO6S/c1-6-17(15-9-11-16(12-10-15)34(5,31)32)18(33-22(29)30)19(27-21(28)20(24)25)23(4,26)13-7-8-14(2)3/h8-12,17-20H,6-7,13H2,1-5H3,(H,27,28)(H,29,30). The van der Waals surface area contributed by atoms with Crippen molar-refractivity contribution in [3.63, 3.8) is 0 Å². The van der Waals surface area contributed by atoms with Gasteiger partial charge in [0, 0.05) is 12.2 Å². The highest BCUT2D eigenvalue weighted by molar-refractivity contribution is 7.90. The maximum Gasteiger partial charge on any atom is 0.506 e. The average Bonchev–Trinajstić information content (AvgIpc) is 2.70. The molecule has 0 aliphatic rings. The van der Waals surface area contributed by atoms with Crippen LogP contribution in [0.25, 0.3) is 0 Å². The minimum Gasteiger partial charge on any atom is -0.450 e. The summed E-state index contributed by atoms with van der Waals surface area (Å²) < 4.78 is 44.8. The van der Waals surface area contributed by atoms with Gasteiger partial charge in [0.15, 0.2) is 14.7 Å². The Bertz CT molecular complexity index is 976. The Morgan fingerprint density at radius 2 is 1.79 bits per heavy atom. The summed E-state index contributed by atoms with van der Waals surface area (Å²) in [4.78, 5) is 22.5. The van der Waals surface area contributed by atoms with Crippen molar-refractivity contribution in [3.05, 3.63) is 41.5 Å². The van der Waals surface area contributed by atoms with Crippen LogP contribution in [0.2, 0.25) is 0 Å². The van der Waals surface area contributed by atoms with Gasteiger partial charge in [0.1, 0.15) is 17.8 Å². The number of ether oxygens (including phenoxy) is 1. The van der Waals surface area contributed by atoms with E-state index in [1.165, 1.54) is 31.2 Å². The predicted octanol–water partition coefficient (Wildman–Crippen LogP) is 5.41.